The van der Waals surface area contributed by atoms with Gasteiger partial charge in [-0.2, -0.15) is 0 Å². The number of nitrogens with zero attached hydrogens (tertiary/aromatic N) is 1. The average molecular weight is 419 g/mol. The zero-order valence-corrected chi connectivity index (χ0v) is 18.2. The molecule has 0 fully saturated rings. The third-order valence-electron chi connectivity index (χ3n) is 5.28. The molecule has 2 heterocycles. The first-order valence-electron chi connectivity index (χ1n) is 10.2. The normalized spacial score (nSPS) is 11.0. The number of methoxy groups -OCH3 is 1. The Morgan fingerprint density at radius 3 is 2.60 bits per heavy atom. The van der Waals surface area contributed by atoms with E-state index in [2.05, 4.69) is 47.1 Å². The van der Waals surface area contributed by atoms with Gasteiger partial charge in [-0.15, -0.1) is 11.3 Å². The Balaban J connectivity index is 1.49. The van der Waals surface area contributed by atoms with Crippen molar-refractivity contribution < 1.29 is 9.53 Å². The Morgan fingerprint density at radius 1 is 1.03 bits per heavy atom. The van der Waals surface area contributed by atoms with Crippen LogP contribution in [0.2, 0.25) is 0 Å². The summed E-state index contributed by atoms with van der Waals surface area (Å²) in [6.45, 7) is 3.45. The van der Waals surface area contributed by atoms with Gasteiger partial charge in [0.25, 0.3) is 5.91 Å². The summed E-state index contributed by atoms with van der Waals surface area (Å²) in [6.07, 6.45) is 1.62. The number of aromatic nitrogens is 1. The van der Waals surface area contributed by atoms with Crippen LogP contribution in [0.15, 0.2) is 66.7 Å². The van der Waals surface area contributed by atoms with Crippen molar-refractivity contribution in [2.24, 2.45) is 0 Å². The summed E-state index contributed by atoms with van der Waals surface area (Å²) in [5.74, 6) is 0.827. The summed E-state index contributed by atoms with van der Waals surface area (Å²) in [5, 5.41) is 3.09. The highest BCUT2D eigenvalue weighted by atomic mass is 32.1. The van der Waals surface area contributed by atoms with Crippen LogP contribution in [0.4, 0.5) is 0 Å². The Morgan fingerprint density at radius 2 is 1.80 bits per heavy atom. The molecule has 30 heavy (non-hydrogen) atoms. The minimum atomic E-state index is -0.0287. The molecule has 0 saturated heterocycles. The van der Waals surface area contributed by atoms with Crippen LogP contribution in [0.3, 0.4) is 0 Å². The van der Waals surface area contributed by atoms with Crippen molar-refractivity contribution in [3.05, 3.63) is 88.4 Å². The lowest BCUT2D eigenvalue weighted by molar-refractivity contribution is 0.0945. The van der Waals surface area contributed by atoms with E-state index in [1.807, 2.05) is 36.4 Å². The van der Waals surface area contributed by atoms with Crippen LogP contribution in [0.5, 0.6) is 5.75 Å². The first-order valence-corrected chi connectivity index (χ1v) is 11.0. The number of carbonyl (C=O) groups is 1. The first kappa shape index (κ1) is 20.2. The second kappa shape index (κ2) is 9.18. The van der Waals surface area contributed by atoms with E-state index in [-0.39, 0.29) is 5.91 Å². The molecule has 4 nitrogen and oxygen atoms in total. The molecule has 1 amide bonds. The van der Waals surface area contributed by atoms with E-state index in [4.69, 9.17) is 4.74 Å². The summed E-state index contributed by atoms with van der Waals surface area (Å²) >= 11 is 1.73. The minimum absolute atomic E-state index is 0.0287. The molecule has 4 rings (SSSR count). The topological polar surface area (TPSA) is 43.3 Å². The van der Waals surface area contributed by atoms with Crippen molar-refractivity contribution >= 4 is 27.5 Å². The maximum Gasteiger partial charge on any atom is 0.267 e. The quantitative estimate of drug-likeness (QED) is 0.425. The van der Waals surface area contributed by atoms with Crippen molar-refractivity contribution in [3.63, 3.8) is 0 Å². The summed E-state index contributed by atoms with van der Waals surface area (Å²) in [4.78, 5) is 14.3. The molecule has 0 bridgehead atoms. The molecule has 0 aliphatic carbocycles. The summed E-state index contributed by atoms with van der Waals surface area (Å²) < 4.78 is 8.73. The van der Waals surface area contributed by atoms with E-state index in [0.717, 1.165) is 46.6 Å². The number of hydrogen-bond donors (Lipinski definition) is 1. The number of nitrogens with one attached hydrogen (secondary N) is 1. The number of rotatable bonds is 8. The lowest BCUT2D eigenvalue weighted by Crippen LogP contribution is -2.28. The molecule has 4 aromatic rings. The maximum atomic E-state index is 13.0. The fraction of sp³-hybridized carbons (Fsp3) is 0.240. The molecular weight excluding hydrogens is 392 g/mol. The minimum Gasteiger partial charge on any atom is -0.496 e. The average Bonchev–Trinajstić information content (AvgIpc) is 3.29. The fourth-order valence-corrected chi connectivity index (χ4v) is 4.75. The molecule has 0 unspecified atom stereocenters. The van der Waals surface area contributed by atoms with Crippen molar-refractivity contribution in [1.82, 2.24) is 9.88 Å². The van der Waals surface area contributed by atoms with Gasteiger partial charge < -0.3 is 14.6 Å². The molecule has 0 radical (unpaired) electrons. The van der Waals surface area contributed by atoms with E-state index < -0.39 is 0 Å². The van der Waals surface area contributed by atoms with Crippen LogP contribution < -0.4 is 10.1 Å². The lowest BCUT2D eigenvalue weighted by Gasteiger charge is -2.12. The number of para-hydroxylation sites is 1. The molecule has 0 spiro atoms. The van der Waals surface area contributed by atoms with Crippen molar-refractivity contribution in [2.75, 3.05) is 13.7 Å². The molecule has 5 heteroatoms. The number of ether oxygens (including phenoxy) is 1. The van der Waals surface area contributed by atoms with Gasteiger partial charge in [0.05, 0.1) is 17.3 Å². The van der Waals surface area contributed by atoms with Gasteiger partial charge in [0, 0.05) is 18.0 Å². The Labute approximate surface area is 181 Å². The van der Waals surface area contributed by atoms with Crippen LogP contribution in [-0.2, 0) is 19.4 Å². The summed E-state index contributed by atoms with van der Waals surface area (Å²) in [7, 11) is 1.67. The second-order valence-corrected chi connectivity index (χ2v) is 8.63. The van der Waals surface area contributed by atoms with E-state index >= 15 is 0 Å². The number of aryl methyl sites for hydroxylation is 3. The van der Waals surface area contributed by atoms with Gasteiger partial charge in [0.2, 0.25) is 0 Å². The van der Waals surface area contributed by atoms with Gasteiger partial charge in [-0.3, -0.25) is 4.79 Å². The van der Waals surface area contributed by atoms with Crippen LogP contribution in [0.1, 0.15) is 26.5 Å². The number of thiophene rings is 1. The Bertz CT molecular complexity index is 1140. The van der Waals surface area contributed by atoms with Crippen LogP contribution in [0, 0.1) is 6.92 Å². The molecule has 0 atom stereocenters. The SMILES string of the molecule is COc1ccccc1CCNC(=O)c1cc2sc(C)cc2n1CCc1ccccc1. The highest BCUT2D eigenvalue weighted by Gasteiger charge is 2.17. The molecular formula is C25H26N2O2S. The van der Waals surface area contributed by atoms with E-state index in [9.17, 15) is 4.79 Å². The van der Waals surface area contributed by atoms with Crippen LogP contribution >= 0.6 is 11.3 Å². The van der Waals surface area contributed by atoms with Crippen LogP contribution in [0.25, 0.3) is 10.2 Å². The Hall–Kier alpha value is -3.05. The molecule has 154 valence electrons. The third-order valence-corrected chi connectivity index (χ3v) is 6.27. The summed E-state index contributed by atoms with van der Waals surface area (Å²) in [5.41, 5.74) is 4.24. The Kier molecular flexibility index (Phi) is 6.19. The highest BCUT2D eigenvalue weighted by Crippen LogP contribution is 2.29. The van der Waals surface area contributed by atoms with Gasteiger partial charge in [0.1, 0.15) is 11.4 Å². The largest absolute Gasteiger partial charge is 0.496 e. The molecule has 1 N–H and O–H groups in total. The third kappa shape index (κ3) is 4.41. The molecule has 0 saturated carbocycles. The fourth-order valence-electron chi connectivity index (χ4n) is 3.79. The van der Waals surface area contributed by atoms with Crippen LogP contribution in [-0.4, -0.2) is 24.1 Å². The van der Waals surface area contributed by atoms with Crippen molar-refractivity contribution in [2.45, 2.75) is 26.3 Å². The summed E-state index contributed by atoms with van der Waals surface area (Å²) in [6, 6.07) is 22.5. The van der Waals surface area contributed by atoms with Crippen molar-refractivity contribution in [1.29, 1.82) is 0 Å². The number of fused-ring (bicyclic) bond motifs is 1. The van der Waals surface area contributed by atoms with Crippen molar-refractivity contribution in [3.8, 4) is 5.75 Å². The van der Waals surface area contributed by atoms with E-state index in [1.54, 1.807) is 18.4 Å². The zero-order chi connectivity index (χ0) is 20.9. The van der Waals surface area contributed by atoms with Gasteiger partial charge in [-0.25, -0.2) is 0 Å². The number of amides is 1. The smallest absolute Gasteiger partial charge is 0.267 e. The monoisotopic (exact) mass is 418 g/mol. The molecule has 2 aromatic heterocycles. The predicted octanol–water partition coefficient (Wildman–Crippen LogP) is 5.24. The highest BCUT2D eigenvalue weighted by molar-refractivity contribution is 7.19. The molecule has 0 aliphatic heterocycles. The first-order chi connectivity index (χ1) is 14.7. The van der Waals surface area contributed by atoms with E-state index in [1.165, 1.54) is 10.4 Å². The maximum absolute atomic E-state index is 13.0. The van der Waals surface area contributed by atoms with Gasteiger partial charge >= 0.3 is 0 Å². The number of hydrogen-bond acceptors (Lipinski definition) is 3. The molecule has 0 aliphatic rings. The standard InChI is InChI=1S/C25H26N2O2S/c1-18-16-21-24(30-18)17-22(27(21)15-13-19-8-4-3-5-9-19)25(28)26-14-12-20-10-6-7-11-23(20)29-2/h3-11,16-17H,12-15H2,1-2H3,(H,26,28). The van der Waals surface area contributed by atoms with Gasteiger partial charge in [-0.05, 0) is 49.1 Å². The van der Waals surface area contributed by atoms with Gasteiger partial charge in [-0.1, -0.05) is 48.5 Å². The molecule has 2 aromatic carbocycles. The van der Waals surface area contributed by atoms with Gasteiger partial charge in [0.15, 0.2) is 0 Å². The zero-order valence-electron chi connectivity index (χ0n) is 17.4. The number of benzene rings is 2. The predicted molar refractivity (Wildman–Crippen MR) is 124 cm³/mol. The lowest BCUT2D eigenvalue weighted by atomic mass is 10.1. The second-order valence-electron chi connectivity index (χ2n) is 7.34. The van der Waals surface area contributed by atoms with E-state index in [0.29, 0.717) is 6.54 Å². The number of carbonyl (C=O) groups excluding carboxylic acids is 1.